The largest absolute Gasteiger partial charge is 0.508 e. The molecule has 2 amide bonds. The molecule has 0 bridgehead atoms. The third-order valence-electron chi connectivity index (χ3n) is 6.99. The van der Waals surface area contributed by atoms with Crippen LogP contribution < -0.4 is 15.4 Å². The minimum Gasteiger partial charge on any atom is -0.508 e. The van der Waals surface area contributed by atoms with Gasteiger partial charge in [0.25, 0.3) is 5.91 Å². The van der Waals surface area contributed by atoms with E-state index in [2.05, 4.69) is 32.7 Å². The van der Waals surface area contributed by atoms with Crippen molar-refractivity contribution in [1.82, 2.24) is 15.2 Å². The number of phenolic OH excluding ortho intramolecular Hbond substituents is 1. The molecule has 4 rings (SSSR count). The lowest BCUT2D eigenvalue weighted by atomic mass is 9.89. The Bertz CT molecular complexity index is 1240. The number of carbonyl (C=O) groups excluding carboxylic acids is 2. The number of nitrogens with one attached hydrogen (secondary N) is 2. The first-order valence-electron chi connectivity index (χ1n) is 13.7. The Labute approximate surface area is 230 Å². The second-order valence-electron chi connectivity index (χ2n) is 10.3. The Balaban J connectivity index is 1.16. The van der Waals surface area contributed by atoms with Crippen molar-refractivity contribution in [1.29, 1.82) is 0 Å². The van der Waals surface area contributed by atoms with Crippen LogP contribution in [0.3, 0.4) is 0 Å². The number of nitrogens with zero attached hydrogens (tertiary/aromatic N) is 2. The van der Waals surface area contributed by atoms with Gasteiger partial charge >= 0.3 is 0 Å². The lowest BCUT2D eigenvalue weighted by molar-refractivity contribution is -0.118. The normalized spacial score (nSPS) is 14.2. The lowest BCUT2D eigenvalue weighted by Crippen LogP contribution is -2.34. The molecule has 1 aliphatic rings. The number of amides is 2. The van der Waals surface area contributed by atoms with Gasteiger partial charge in [0, 0.05) is 24.3 Å². The molecule has 0 unspecified atom stereocenters. The number of ether oxygens (including phenoxy) is 1. The van der Waals surface area contributed by atoms with Crippen molar-refractivity contribution in [3.8, 4) is 17.4 Å². The highest BCUT2D eigenvalue weighted by molar-refractivity contribution is 5.96. The summed E-state index contributed by atoms with van der Waals surface area (Å²) in [6.45, 7) is 7.48. The molecular formula is C31H38N4O4. The van der Waals surface area contributed by atoms with E-state index in [0.717, 1.165) is 51.0 Å². The Morgan fingerprint density at radius 3 is 2.56 bits per heavy atom. The minimum atomic E-state index is -0.218. The van der Waals surface area contributed by atoms with Gasteiger partial charge in [-0.2, -0.15) is 0 Å². The van der Waals surface area contributed by atoms with Crippen LogP contribution in [0.2, 0.25) is 0 Å². The number of unbranched alkanes of at least 4 members (excludes halogenated alkanes) is 1. The van der Waals surface area contributed by atoms with E-state index < -0.39 is 0 Å². The summed E-state index contributed by atoms with van der Waals surface area (Å²) < 4.78 is 5.76. The molecule has 8 nitrogen and oxygen atoms in total. The van der Waals surface area contributed by atoms with E-state index in [4.69, 9.17) is 4.74 Å². The number of rotatable bonds is 11. The fourth-order valence-electron chi connectivity index (χ4n) is 4.68. The lowest BCUT2D eigenvalue weighted by Gasteiger charge is -2.32. The maximum atomic E-state index is 12.8. The number of hydrogen-bond donors (Lipinski definition) is 3. The molecule has 0 saturated carbocycles. The number of pyridine rings is 1. The van der Waals surface area contributed by atoms with Crippen LogP contribution in [0, 0.1) is 5.92 Å². The van der Waals surface area contributed by atoms with Crippen LogP contribution in [0.25, 0.3) is 0 Å². The molecule has 1 saturated heterocycles. The first kappa shape index (κ1) is 28.1. The van der Waals surface area contributed by atoms with Gasteiger partial charge in [0.1, 0.15) is 17.1 Å². The number of benzene rings is 2. The van der Waals surface area contributed by atoms with Gasteiger partial charge in [-0.25, -0.2) is 4.98 Å². The zero-order valence-electron chi connectivity index (χ0n) is 22.7. The van der Waals surface area contributed by atoms with Crippen LogP contribution in [0.4, 0.5) is 5.69 Å². The first-order valence-corrected chi connectivity index (χ1v) is 13.7. The van der Waals surface area contributed by atoms with Crippen LogP contribution in [-0.2, 0) is 4.79 Å². The summed E-state index contributed by atoms with van der Waals surface area (Å²) in [5.74, 6) is 1.17. The average Bonchev–Trinajstić information content (AvgIpc) is 2.94. The van der Waals surface area contributed by atoms with Crippen molar-refractivity contribution < 1.29 is 19.4 Å². The van der Waals surface area contributed by atoms with Gasteiger partial charge in [-0.3, -0.25) is 9.59 Å². The quantitative estimate of drug-likeness (QED) is 0.280. The Kier molecular flexibility index (Phi) is 9.91. The number of carbonyl (C=O) groups is 2. The average molecular weight is 531 g/mol. The van der Waals surface area contributed by atoms with Gasteiger partial charge in [-0.1, -0.05) is 26.0 Å². The maximum Gasteiger partial charge on any atom is 0.256 e. The molecule has 3 aromatic rings. The Hall–Kier alpha value is -3.91. The van der Waals surface area contributed by atoms with E-state index in [1.807, 2.05) is 26.0 Å². The Morgan fingerprint density at radius 2 is 1.82 bits per heavy atom. The van der Waals surface area contributed by atoms with E-state index in [1.165, 1.54) is 17.7 Å². The minimum absolute atomic E-state index is 0.0383. The Morgan fingerprint density at radius 1 is 1.05 bits per heavy atom. The van der Waals surface area contributed by atoms with Gasteiger partial charge in [-0.15, -0.1) is 0 Å². The second kappa shape index (κ2) is 13.8. The number of piperidine rings is 1. The van der Waals surface area contributed by atoms with E-state index in [1.54, 1.807) is 30.5 Å². The summed E-state index contributed by atoms with van der Waals surface area (Å²) in [7, 11) is 0. The molecule has 39 heavy (non-hydrogen) atoms. The molecule has 0 atom stereocenters. The highest BCUT2D eigenvalue weighted by atomic mass is 16.5. The van der Waals surface area contributed by atoms with E-state index in [-0.39, 0.29) is 29.4 Å². The standard InChI is InChI=1S/C31H38N4O4/c1-22(2)29(37)34-25-8-5-7-24(21-25)23-14-19-35(20-15-23)18-4-3-16-32-30(38)28-9-6-17-33-31(28)39-27-12-10-26(36)11-13-27/h5-13,17,21-23,36H,3-4,14-16,18-20H2,1-2H3,(H,32,38)(H,34,37). The predicted octanol–water partition coefficient (Wildman–Crippen LogP) is 5.56. The molecule has 3 N–H and O–H groups in total. The summed E-state index contributed by atoms with van der Waals surface area (Å²) in [5.41, 5.74) is 2.55. The van der Waals surface area contributed by atoms with E-state index in [9.17, 15) is 14.7 Å². The molecule has 1 aromatic heterocycles. The number of phenols is 1. The third-order valence-corrected chi connectivity index (χ3v) is 6.99. The maximum absolute atomic E-state index is 12.8. The molecule has 1 fully saturated rings. The number of hydrogen-bond acceptors (Lipinski definition) is 6. The molecule has 8 heteroatoms. The van der Waals surface area contributed by atoms with Gasteiger partial charge < -0.3 is 25.4 Å². The molecule has 0 spiro atoms. The summed E-state index contributed by atoms with van der Waals surface area (Å²) in [4.78, 5) is 31.5. The summed E-state index contributed by atoms with van der Waals surface area (Å²) in [5, 5.41) is 15.4. The molecular weight excluding hydrogens is 492 g/mol. The SMILES string of the molecule is CC(C)C(=O)Nc1cccc(C2CCN(CCCCNC(=O)c3cccnc3Oc3ccc(O)cc3)CC2)c1. The van der Waals surface area contributed by atoms with Crippen molar-refractivity contribution in [3.63, 3.8) is 0 Å². The topological polar surface area (TPSA) is 104 Å². The molecule has 206 valence electrons. The van der Waals surface area contributed by atoms with Crippen molar-refractivity contribution in [2.24, 2.45) is 5.92 Å². The zero-order chi connectivity index (χ0) is 27.6. The molecule has 0 radical (unpaired) electrons. The fraction of sp³-hybridized carbons (Fsp3) is 0.387. The first-order chi connectivity index (χ1) is 18.9. The van der Waals surface area contributed by atoms with Crippen LogP contribution in [-0.4, -0.2) is 53.0 Å². The van der Waals surface area contributed by atoms with Crippen molar-refractivity contribution >= 4 is 17.5 Å². The fourth-order valence-corrected chi connectivity index (χ4v) is 4.68. The highest BCUT2D eigenvalue weighted by Crippen LogP contribution is 2.30. The van der Waals surface area contributed by atoms with Crippen LogP contribution in [0.15, 0.2) is 66.9 Å². The zero-order valence-corrected chi connectivity index (χ0v) is 22.7. The number of anilines is 1. The van der Waals surface area contributed by atoms with Gasteiger partial charge in [-0.05, 0) is 105 Å². The molecule has 0 aliphatic carbocycles. The predicted molar refractivity (Wildman–Crippen MR) is 152 cm³/mol. The monoisotopic (exact) mass is 530 g/mol. The van der Waals surface area contributed by atoms with Crippen LogP contribution in [0.1, 0.15) is 61.4 Å². The van der Waals surface area contributed by atoms with Crippen molar-refractivity contribution in [2.75, 3.05) is 31.5 Å². The number of likely N-dealkylation sites (tertiary alicyclic amines) is 1. The van der Waals surface area contributed by atoms with E-state index in [0.29, 0.717) is 23.8 Å². The highest BCUT2D eigenvalue weighted by Gasteiger charge is 2.21. The summed E-state index contributed by atoms with van der Waals surface area (Å²) >= 11 is 0. The van der Waals surface area contributed by atoms with E-state index >= 15 is 0 Å². The van der Waals surface area contributed by atoms with Crippen molar-refractivity contribution in [3.05, 3.63) is 78.0 Å². The number of aromatic hydroxyl groups is 1. The third kappa shape index (κ3) is 8.29. The smallest absolute Gasteiger partial charge is 0.256 e. The van der Waals surface area contributed by atoms with Gasteiger partial charge in [0.15, 0.2) is 0 Å². The molecule has 2 heterocycles. The van der Waals surface area contributed by atoms with Crippen molar-refractivity contribution in [2.45, 2.75) is 45.4 Å². The van der Waals surface area contributed by atoms with Crippen LogP contribution >= 0.6 is 0 Å². The van der Waals surface area contributed by atoms with Gasteiger partial charge in [0.05, 0.1) is 0 Å². The molecule has 2 aromatic carbocycles. The van der Waals surface area contributed by atoms with Gasteiger partial charge in [0.2, 0.25) is 11.8 Å². The molecule has 1 aliphatic heterocycles. The summed E-state index contributed by atoms with van der Waals surface area (Å²) in [6, 6.07) is 18.0. The summed E-state index contributed by atoms with van der Waals surface area (Å²) in [6.07, 6.45) is 5.67. The number of aromatic nitrogens is 1. The van der Waals surface area contributed by atoms with Crippen LogP contribution in [0.5, 0.6) is 17.4 Å². The second-order valence-corrected chi connectivity index (χ2v) is 10.3.